The van der Waals surface area contributed by atoms with Crippen molar-refractivity contribution in [2.75, 3.05) is 89.5 Å². The van der Waals surface area contributed by atoms with Gasteiger partial charge in [-0.15, -0.1) is 12.4 Å². The normalized spacial score (nSPS) is 16.5. The summed E-state index contributed by atoms with van der Waals surface area (Å²) >= 11 is 5.72. The van der Waals surface area contributed by atoms with Gasteiger partial charge in [0.05, 0.1) is 28.4 Å². The zero-order valence-electron chi connectivity index (χ0n) is 37.9. The maximum absolute atomic E-state index is 11.3. The number of esters is 1. The first-order valence-electron chi connectivity index (χ1n) is 21.2. The quantitative estimate of drug-likeness (QED) is 0.125. The minimum absolute atomic E-state index is 0. The minimum atomic E-state index is -0.373. The smallest absolute Gasteiger partial charge is 0.344 e. The second-order valence-electron chi connectivity index (χ2n) is 16.2. The van der Waals surface area contributed by atoms with Crippen LogP contribution in [-0.2, 0) is 35.2 Å². The highest BCUT2D eigenvalue weighted by Crippen LogP contribution is 2.52. The molecule has 0 saturated carbocycles. The van der Waals surface area contributed by atoms with E-state index in [1.165, 1.54) is 22.3 Å². The van der Waals surface area contributed by atoms with Gasteiger partial charge in [-0.05, 0) is 148 Å². The van der Waals surface area contributed by atoms with E-state index in [1.54, 1.807) is 52.7 Å². The predicted molar refractivity (Wildman–Crippen MR) is 251 cm³/mol. The molecule has 0 aromatic heterocycles. The summed E-state index contributed by atoms with van der Waals surface area (Å²) in [6.45, 7) is 2.84. The molecule has 0 spiro atoms. The molecule has 64 heavy (non-hydrogen) atoms. The Kier molecular flexibility index (Phi) is 16.5. The summed E-state index contributed by atoms with van der Waals surface area (Å²) in [6, 6.07) is 28.0. The van der Waals surface area contributed by atoms with Crippen LogP contribution < -0.4 is 33.2 Å². The van der Waals surface area contributed by atoms with Gasteiger partial charge in [-0.25, -0.2) is 4.79 Å². The van der Waals surface area contributed by atoms with Gasteiger partial charge >= 0.3 is 5.97 Å². The van der Waals surface area contributed by atoms with Gasteiger partial charge in [0.2, 0.25) is 5.75 Å². The number of nitrogens with zero attached hydrogens (tertiary/aromatic N) is 3. The van der Waals surface area contributed by atoms with Crippen LogP contribution in [0.1, 0.15) is 45.5 Å². The Morgan fingerprint density at radius 2 is 1.34 bits per heavy atom. The first kappa shape index (κ1) is 48.1. The monoisotopic (exact) mass is 915 g/mol. The second kappa shape index (κ2) is 22.0. The summed E-state index contributed by atoms with van der Waals surface area (Å²) in [5.74, 6) is 5.63. The molecule has 2 unspecified atom stereocenters. The molecule has 5 aromatic rings. The van der Waals surface area contributed by atoms with E-state index in [9.17, 15) is 4.79 Å². The van der Waals surface area contributed by atoms with Crippen LogP contribution in [0.2, 0.25) is 5.02 Å². The number of rotatable bonds is 10. The third-order valence-electron chi connectivity index (χ3n) is 11.8. The zero-order valence-corrected chi connectivity index (χ0v) is 39.5. The Balaban J connectivity index is 0.000000320. The van der Waals surface area contributed by atoms with Crippen molar-refractivity contribution < 1.29 is 42.7 Å². The van der Waals surface area contributed by atoms with Gasteiger partial charge in [0.25, 0.3) is 0 Å². The van der Waals surface area contributed by atoms with Crippen LogP contribution in [0.4, 0.5) is 0 Å². The Morgan fingerprint density at radius 1 is 0.719 bits per heavy atom. The lowest BCUT2D eigenvalue weighted by molar-refractivity contribution is -0.146. The first-order valence-corrected chi connectivity index (χ1v) is 21.6. The van der Waals surface area contributed by atoms with Gasteiger partial charge in [0.15, 0.2) is 41.1 Å². The molecule has 5 aromatic carbocycles. The molecule has 4 aliphatic heterocycles. The highest BCUT2D eigenvalue weighted by Gasteiger charge is 2.35. The fourth-order valence-corrected chi connectivity index (χ4v) is 8.46. The standard InChI is InChI=1S/C38H42N2O6.C12H16ClNO3.ClH/c1-39-15-13-25-20-32(42-4)34-22-28(25)29(39)17-23-7-10-27(11-8-23)45-33-19-24(9-12-31(33)41-3)18-30-36-26(14-16-40(30)2)21-35(43-5)37(44-6)38(36)46-34;1-14(2)7-8-16-12(15)9-17-11-5-3-10(13)4-6-11;/h7-12,19-22,29-30H,13-18H2,1-6H3;3-6H,7-9H2,1-2H3;1H. The first-order chi connectivity index (χ1) is 30.5. The Bertz CT molecular complexity index is 2360. The summed E-state index contributed by atoms with van der Waals surface area (Å²) in [5, 5.41) is 0.630. The molecular weight excluding hydrogens is 857 g/mol. The molecule has 0 aliphatic carbocycles. The predicted octanol–water partition coefficient (Wildman–Crippen LogP) is 9.41. The summed E-state index contributed by atoms with van der Waals surface area (Å²) in [7, 11) is 14.9. The van der Waals surface area contributed by atoms with Crippen molar-refractivity contribution in [3.8, 4) is 51.7 Å². The fraction of sp³-hybridized carbons (Fsp3) is 0.380. The molecule has 2 atom stereocenters. The zero-order chi connectivity index (χ0) is 44.6. The topological polar surface area (TPSA) is 101 Å². The van der Waals surface area contributed by atoms with Crippen molar-refractivity contribution in [1.29, 1.82) is 0 Å². The minimum Gasteiger partial charge on any atom is -0.493 e. The Labute approximate surface area is 388 Å². The number of carbonyl (C=O) groups is 1. The maximum atomic E-state index is 11.3. The van der Waals surface area contributed by atoms with Crippen LogP contribution >= 0.6 is 24.0 Å². The number of fused-ring (bicyclic) bond motifs is 2. The Hall–Kier alpha value is -5.37. The molecule has 0 N–H and O–H groups in total. The highest BCUT2D eigenvalue weighted by molar-refractivity contribution is 6.30. The molecule has 0 fully saturated rings. The number of ether oxygens (including phenoxy) is 8. The van der Waals surface area contributed by atoms with Gasteiger partial charge in [-0.3, -0.25) is 9.80 Å². The van der Waals surface area contributed by atoms with Gasteiger partial charge in [0, 0.05) is 42.3 Å². The Morgan fingerprint density at radius 3 is 2.02 bits per heavy atom. The van der Waals surface area contributed by atoms with Crippen LogP contribution in [-0.4, -0.2) is 110 Å². The van der Waals surface area contributed by atoms with Crippen LogP contribution in [0.3, 0.4) is 0 Å². The largest absolute Gasteiger partial charge is 0.493 e. The average molecular weight is 917 g/mol. The van der Waals surface area contributed by atoms with Crippen molar-refractivity contribution in [1.82, 2.24) is 14.7 Å². The third kappa shape index (κ3) is 11.3. The van der Waals surface area contributed by atoms with Gasteiger partial charge in [-0.2, -0.15) is 0 Å². The highest BCUT2D eigenvalue weighted by atomic mass is 35.5. The van der Waals surface area contributed by atoms with E-state index in [0.29, 0.717) is 64.2 Å². The summed E-state index contributed by atoms with van der Waals surface area (Å²) < 4.78 is 47.3. The molecule has 12 nitrogen and oxygen atoms in total. The van der Waals surface area contributed by atoms with E-state index in [0.717, 1.165) is 55.6 Å². The van der Waals surface area contributed by atoms with E-state index in [2.05, 4.69) is 66.4 Å². The van der Waals surface area contributed by atoms with Crippen LogP contribution in [0.25, 0.3) is 0 Å². The van der Waals surface area contributed by atoms with Crippen molar-refractivity contribution in [2.24, 2.45) is 0 Å². The lowest BCUT2D eigenvalue weighted by atomic mass is 9.87. The van der Waals surface area contributed by atoms with Gasteiger partial charge < -0.3 is 42.8 Å². The molecule has 9 rings (SSSR count). The molecule has 4 heterocycles. The second-order valence-corrected chi connectivity index (χ2v) is 16.7. The summed E-state index contributed by atoms with van der Waals surface area (Å²) in [6.07, 6.45) is 3.37. The molecule has 6 bridgehead atoms. The van der Waals surface area contributed by atoms with E-state index in [1.807, 2.05) is 37.2 Å². The SMILES string of the molecule is CN(C)CCOC(=O)COc1ccc(Cl)cc1.COc1ccc2cc1Oc1ccc(cc1)CC1c3cc(c(OC)cc3CCN1C)Oc1c(OC)c(OC)cc3c1C(C2)N(C)CC3.Cl. The fourth-order valence-electron chi connectivity index (χ4n) is 8.33. The number of hydrogen-bond acceptors (Lipinski definition) is 12. The third-order valence-corrected chi connectivity index (χ3v) is 12.1. The van der Waals surface area contributed by atoms with Crippen molar-refractivity contribution in [3.63, 3.8) is 0 Å². The maximum Gasteiger partial charge on any atom is 0.344 e. The average Bonchev–Trinajstić information content (AvgIpc) is 3.28. The van der Waals surface area contributed by atoms with E-state index in [-0.39, 0.29) is 37.1 Å². The lowest BCUT2D eigenvalue weighted by Gasteiger charge is -2.37. The number of benzene rings is 5. The molecule has 0 amide bonds. The van der Waals surface area contributed by atoms with E-state index < -0.39 is 0 Å². The number of halogens is 2. The van der Waals surface area contributed by atoms with Crippen LogP contribution in [0.15, 0.2) is 84.9 Å². The van der Waals surface area contributed by atoms with Gasteiger partial charge in [0.1, 0.15) is 18.1 Å². The number of likely N-dealkylation sites (N-methyl/N-ethyl adjacent to an activating group) is 3. The summed E-state index contributed by atoms with van der Waals surface area (Å²) in [4.78, 5) is 18.0. The molecular formula is C50H59Cl2N3O9. The van der Waals surface area contributed by atoms with Gasteiger partial charge in [-0.1, -0.05) is 29.8 Å². The molecule has 0 saturated heterocycles. The van der Waals surface area contributed by atoms with Crippen molar-refractivity contribution in [2.45, 2.75) is 37.8 Å². The number of carbonyl (C=O) groups excluding carboxylic acids is 1. The van der Waals surface area contributed by atoms with Crippen LogP contribution in [0, 0.1) is 0 Å². The lowest BCUT2D eigenvalue weighted by Crippen LogP contribution is -2.34. The van der Waals surface area contributed by atoms with Crippen molar-refractivity contribution in [3.05, 3.63) is 123 Å². The number of hydrogen-bond donors (Lipinski definition) is 0. The van der Waals surface area contributed by atoms with Crippen LogP contribution in [0.5, 0.6) is 51.7 Å². The molecule has 342 valence electrons. The van der Waals surface area contributed by atoms with E-state index in [4.69, 9.17) is 49.5 Å². The van der Waals surface area contributed by atoms with Crippen molar-refractivity contribution >= 4 is 30.0 Å². The number of methoxy groups -OCH3 is 4. The molecule has 0 radical (unpaired) electrons. The van der Waals surface area contributed by atoms with E-state index >= 15 is 0 Å². The summed E-state index contributed by atoms with van der Waals surface area (Å²) in [5.41, 5.74) is 7.15. The molecule has 4 aliphatic rings. The molecule has 14 heteroatoms.